The Morgan fingerprint density at radius 2 is 1.84 bits per heavy atom. The second-order valence-corrected chi connectivity index (χ2v) is 10.2. The lowest BCUT2D eigenvalue weighted by Crippen LogP contribution is -2.53. The maximum atomic E-state index is 13.3. The number of aromatic nitrogens is 2. The molecule has 172 valence electrons. The molecular weight excluding hydrogens is 390 g/mol. The second kappa shape index (κ2) is 9.98. The lowest BCUT2D eigenvalue weighted by Gasteiger charge is -2.29. The number of hydrogen-bond acceptors (Lipinski definition) is 4. The second-order valence-electron chi connectivity index (χ2n) is 10.2. The first kappa shape index (κ1) is 23.5. The van der Waals surface area contributed by atoms with Gasteiger partial charge in [-0.25, -0.2) is 4.98 Å². The Kier molecular flexibility index (Phi) is 7.57. The van der Waals surface area contributed by atoms with Crippen molar-refractivity contribution >= 4 is 17.9 Å². The zero-order valence-electron chi connectivity index (χ0n) is 19.8. The molecule has 0 aromatic carbocycles. The van der Waals surface area contributed by atoms with E-state index in [-0.39, 0.29) is 11.8 Å². The van der Waals surface area contributed by atoms with E-state index in [1.165, 1.54) is 32.1 Å². The summed E-state index contributed by atoms with van der Waals surface area (Å²) >= 11 is 0. The SMILES string of the molecule is CNC(=O)[C@@H](NC(=O)c1nc(C=CC2CCCCC2)n2c1CN(C)CCC2)C(C)(C)C. The maximum absolute atomic E-state index is 13.3. The van der Waals surface area contributed by atoms with Gasteiger partial charge in [-0.1, -0.05) is 46.1 Å². The van der Waals surface area contributed by atoms with Crippen LogP contribution in [0.4, 0.5) is 0 Å². The van der Waals surface area contributed by atoms with Gasteiger partial charge in [-0.15, -0.1) is 0 Å². The van der Waals surface area contributed by atoms with E-state index < -0.39 is 11.5 Å². The number of imidazole rings is 1. The molecule has 2 heterocycles. The molecule has 1 aliphatic heterocycles. The van der Waals surface area contributed by atoms with E-state index in [4.69, 9.17) is 4.98 Å². The fourth-order valence-electron chi connectivity index (χ4n) is 4.63. The van der Waals surface area contributed by atoms with Crippen molar-refractivity contribution < 1.29 is 9.59 Å². The maximum Gasteiger partial charge on any atom is 0.272 e. The highest BCUT2D eigenvalue weighted by Gasteiger charge is 2.34. The summed E-state index contributed by atoms with van der Waals surface area (Å²) in [6.45, 7) is 8.36. The van der Waals surface area contributed by atoms with Crippen LogP contribution in [0.3, 0.4) is 0 Å². The molecule has 1 aromatic rings. The van der Waals surface area contributed by atoms with Crippen LogP contribution in [0.15, 0.2) is 6.08 Å². The third kappa shape index (κ3) is 5.76. The van der Waals surface area contributed by atoms with Crippen LogP contribution in [-0.4, -0.2) is 52.9 Å². The molecule has 1 aromatic heterocycles. The highest BCUT2D eigenvalue weighted by atomic mass is 16.2. The molecule has 1 saturated carbocycles. The van der Waals surface area contributed by atoms with Crippen molar-refractivity contribution in [1.82, 2.24) is 25.1 Å². The Hall–Kier alpha value is -2.15. The Balaban J connectivity index is 1.91. The summed E-state index contributed by atoms with van der Waals surface area (Å²) in [7, 11) is 3.67. The number of nitrogens with zero attached hydrogens (tertiary/aromatic N) is 3. The van der Waals surface area contributed by atoms with Crippen LogP contribution in [-0.2, 0) is 17.9 Å². The zero-order chi connectivity index (χ0) is 22.6. The van der Waals surface area contributed by atoms with E-state index in [1.54, 1.807) is 7.05 Å². The molecule has 1 aliphatic carbocycles. The summed E-state index contributed by atoms with van der Waals surface area (Å²) in [5, 5.41) is 5.63. The van der Waals surface area contributed by atoms with Gasteiger partial charge in [0.2, 0.25) is 5.91 Å². The summed E-state index contributed by atoms with van der Waals surface area (Å²) < 4.78 is 2.20. The standard InChI is InChI=1S/C24H39N5O2/c1-24(2,3)21(23(31)25-4)27-22(30)20-18-16-28(5)14-9-15-29(18)19(26-20)13-12-17-10-7-6-8-11-17/h12-13,17,21H,6-11,14-16H2,1-5H3,(H,25,31)(H,27,30)/t21-/m1/s1. The number of likely N-dealkylation sites (N-methyl/N-ethyl adjacent to an activating group) is 1. The van der Waals surface area contributed by atoms with Crippen molar-refractivity contribution in [2.75, 3.05) is 20.6 Å². The van der Waals surface area contributed by atoms with Gasteiger partial charge < -0.3 is 20.1 Å². The van der Waals surface area contributed by atoms with Gasteiger partial charge in [0.1, 0.15) is 11.9 Å². The summed E-state index contributed by atoms with van der Waals surface area (Å²) in [6.07, 6.45) is 11.8. The normalized spacial score (nSPS) is 19.6. The van der Waals surface area contributed by atoms with Crippen LogP contribution >= 0.6 is 0 Å². The van der Waals surface area contributed by atoms with Crippen molar-refractivity contribution in [2.45, 2.75) is 78.4 Å². The number of fused-ring (bicyclic) bond motifs is 1. The quantitative estimate of drug-likeness (QED) is 0.753. The van der Waals surface area contributed by atoms with Crippen LogP contribution in [0.2, 0.25) is 0 Å². The molecule has 0 saturated heterocycles. The lowest BCUT2D eigenvalue weighted by molar-refractivity contribution is -0.124. The highest BCUT2D eigenvalue weighted by Crippen LogP contribution is 2.27. The monoisotopic (exact) mass is 429 g/mol. The first-order valence-corrected chi connectivity index (χ1v) is 11.7. The van der Waals surface area contributed by atoms with Crippen LogP contribution in [0.1, 0.15) is 81.3 Å². The minimum absolute atomic E-state index is 0.194. The molecule has 2 N–H and O–H groups in total. The lowest BCUT2D eigenvalue weighted by atomic mass is 9.86. The molecule has 0 spiro atoms. The van der Waals surface area contributed by atoms with E-state index in [9.17, 15) is 9.59 Å². The minimum atomic E-state index is -0.632. The van der Waals surface area contributed by atoms with Gasteiger partial charge in [0, 0.05) is 20.1 Å². The smallest absolute Gasteiger partial charge is 0.272 e. The topological polar surface area (TPSA) is 79.3 Å². The van der Waals surface area contributed by atoms with Gasteiger partial charge in [-0.2, -0.15) is 0 Å². The van der Waals surface area contributed by atoms with Crippen molar-refractivity contribution in [3.05, 3.63) is 23.3 Å². The predicted octanol–water partition coefficient (Wildman–Crippen LogP) is 3.20. The van der Waals surface area contributed by atoms with E-state index in [1.807, 2.05) is 20.8 Å². The fraction of sp³-hybridized carbons (Fsp3) is 0.708. The van der Waals surface area contributed by atoms with Crippen LogP contribution in [0, 0.1) is 11.3 Å². The van der Waals surface area contributed by atoms with E-state index in [0.717, 1.165) is 31.0 Å². The van der Waals surface area contributed by atoms with Crippen molar-refractivity contribution in [3.63, 3.8) is 0 Å². The van der Waals surface area contributed by atoms with Gasteiger partial charge in [-0.3, -0.25) is 9.59 Å². The number of allylic oxidation sites excluding steroid dienone is 1. The average molecular weight is 430 g/mol. The molecule has 7 heteroatoms. The summed E-state index contributed by atoms with van der Waals surface area (Å²) in [6, 6.07) is -0.632. The van der Waals surface area contributed by atoms with Gasteiger partial charge in [-0.05, 0) is 50.3 Å². The molecule has 0 bridgehead atoms. The van der Waals surface area contributed by atoms with Crippen molar-refractivity contribution in [2.24, 2.45) is 11.3 Å². The summed E-state index contributed by atoms with van der Waals surface area (Å²) in [5.41, 5.74) is 0.966. The third-order valence-electron chi connectivity index (χ3n) is 6.48. The van der Waals surface area contributed by atoms with Gasteiger partial charge in [0.15, 0.2) is 5.69 Å². The number of amides is 2. The first-order valence-electron chi connectivity index (χ1n) is 11.7. The molecule has 2 aliphatic rings. The van der Waals surface area contributed by atoms with E-state index in [0.29, 0.717) is 18.2 Å². The van der Waals surface area contributed by atoms with Gasteiger partial charge in [0.05, 0.1) is 5.69 Å². The Bertz CT molecular complexity index is 815. The minimum Gasteiger partial charge on any atom is -0.357 e. The fourth-order valence-corrected chi connectivity index (χ4v) is 4.63. The molecule has 7 nitrogen and oxygen atoms in total. The summed E-state index contributed by atoms with van der Waals surface area (Å²) in [4.78, 5) is 32.8. The van der Waals surface area contributed by atoms with E-state index >= 15 is 0 Å². The molecule has 3 rings (SSSR count). The predicted molar refractivity (Wildman–Crippen MR) is 124 cm³/mol. The zero-order valence-corrected chi connectivity index (χ0v) is 19.8. The number of nitrogens with one attached hydrogen (secondary N) is 2. The van der Waals surface area contributed by atoms with Crippen LogP contribution in [0.5, 0.6) is 0 Å². The third-order valence-corrected chi connectivity index (χ3v) is 6.48. The Morgan fingerprint density at radius 3 is 2.48 bits per heavy atom. The summed E-state index contributed by atoms with van der Waals surface area (Å²) in [5.74, 6) is 0.986. The number of carbonyl (C=O) groups excluding carboxylic acids is 2. The number of carbonyl (C=O) groups is 2. The van der Waals surface area contributed by atoms with Crippen molar-refractivity contribution in [3.8, 4) is 0 Å². The molecule has 1 fully saturated rings. The molecule has 31 heavy (non-hydrogen) atoms. The van der Waals surface area contributed by atoms with E-state index in [2.05, 4.69) is 39.3 Å². The van der Waals surface area contributed by atoms with Gasteiger partial charge >= 0.3 is 0 Å². The highest BCUT2D eigenvalue weighted by molar-refractivity contribution is 5.97. The van der Waals surface area contributed by atoms with Crippen LogP contribution in [0.25, 0.3) is 6.08 Å². The Morgan fingerprint density at radius 1 is 1.13 bits per heavy atom. The largest absolute Gasteiger partial charge is 0.357 e. The molecule has 0 radical (unpaired) electrons. The first-order chi connectivity index (χ1) is 14.7. The number of hydrogen-bond donors (Lipinski definition) is 2. The molecule has 2 amide bonds. The number of rotatable bonds is 5. The van der Waals surface area contributed by atoms with Crippen molar-refractivity contribution in [1.29, 1.82) is 0 Å². The Labute approximate surface area is 186 Å². The molecule has 1 atom stereocenters. The van der Waals surface area contributed by atoms with Gasteiger partial charge in [0.25, 0.3) is 5.91 Å². The average Bonchev–Trinajstić information content (AvgIpc) is 2.94. The van der Waals surface area contributed by atoms with Crippen LogP contribution < -0.4 is 10.6 Å². The molecule has 0 unspecified atom stereocenters. The molecular formula is C24H39N5O2.